The SMILES string of the molecule is CCNCCNC(=O)C(C)NC(=O)c1cccs1. The number of likely N-dealkylation sites (N-methyl/N-ethyl adjacent to an activating group) is 1. The van der Waals surface area contributed by atoms with Crippen LogP contribution < -0.4 is 16.0 Å². The Kier molecular flexibility index (Phi) is 6.38. The van der Waals surface area contributed by atoms with Gasteiger partial charge in [-0.2, -0.15) is 0 Å². The average molecular weight is 269 g/mol. The minimum Gasteiger partial charge on any atom is -0.353 e. The molecule has 0 radical (unpaired) electrons. The quantitative estimate of drug-likeness (QED) is 0.635. The molecule has 18 heavy (non-hydrogen) atoms. The summed E-state index contributed by atoms with van der Waals surface area (Å²) in [6.07, 6.45) is 0. The standard InChI is InChI=1S/C12H19N3O2S/c1-3-13-6-7-14-11(16)9(2)15-12(17)10-5-4-8-18-10/h4-5,8-9,13H,3,6-7H2,1-2H3,(H,14,16)(H,15,17). The summed E-state index contributed by atoms with van der Waals surface area (Å²) in [6, 6.07) is 3.01. The van der Waals surface area contributed by atoms with Gasteiger partial charge in [0, 0.05) is 13.1 Å². The second-order valence-electron chi connectivity index (χ2n) is 3.82. The van der Waals surface area contributed by atoms with Crippen LogP contribution in [0.3, 0.4) is 0 Å². The zero-order valence-electron chi connectivity index (χ0n) is 10.7. The Morgan fingerprint density at radius 3 is 2.78 bits per heavy atom. The molecule has 0 saturated heterocycles. The van der Waals surface area contributed by atoms with Crippen molar-refractivity contribution in [2.24, 2.45) is 0 Å². The Morgan fingerprint density at radius 2 is 2.17 bits per heavy atom. The van der Waals surface area contributed by atoms with Crippen LogP contribution in [-0.2, 0) is 4.79 Å². The highest BCUT2D eigenvalue weighted by Crippen LogP contribution is 2.07. The maximum absolute atomic E-state index is 11.7. The number of carbonyl (C=O) groups excluding carboxylic acids is 2. The molecule has 6 heteroatoms. The molecule has 0 spiro atoms. The molecular weight excluding hydrogens is 250 g/mol. The fourth-order valence-electron chi connectivity index (χ4n) is 1.35. The number of carbonyl (C=O) groups is 2. The number of rotatable bonds is 7. The van der Waals surface area contributed by atoms with Gasteiger partial charge in [0.15, 0.2) is 0 Å². The van der Waals surface area contributed by atoms with Gasteiger partial charge in [0.2, 0.25) is 5.91 Å². The Morgan fingerprint density at radius 1 is 1.39 bits per heavy atom. The van der Waals surface area contributed by atoms with E-state index >= 15 is 0 Å². The molecule has 1 rings (SSSR count). The van der Waals surface area contributed by atoms with Gasteiger partial charge in [-0.1, -0.05) is 13.0 Å². The van der Waals surface area contributed by atoms with E-state index in [1.54, 1.807) is 19.1 Å². The van der Waals surface area contributed by atoms with Crippen LogP contribution in [0.1, 0.15) is 23.5 Å². The molecule has 0 aromatic carbocycles. The lowest BCUT2D eigenvalue weighted by atomic mass is 10.3. The molecule has 5 nitrogen and oxygen atoms in total. The first-order valence-corrected chi connectivity index (χ1v) is 6.86. The van der Waals surface area contributed by atoms with Crippen molar-refractivity contribution in [3.63, 3.8) is 0 Å². The predicted molar refractivity (Wildman–Crippen MR) is 72.8 cm³/mol. The van der Waals surface area contributed by atoms with E-state index in [-0.39, 0.29) is 11.8 Å². The fraction of sp³-hybridized carbons (Fsp3) is 0.500. The number of thiophene rings is 1. The number of hydrogen-bond donors (Lipinski definition) is 3. The van der Waals surface area contributed by atoms with Crippen molar-refractivity contribution in [3.05, 3.63) is 22.4 Å². The van der Waals surface area contributed by atoms with Gasteiger partial charge in [-0.15, -0.1) is 11.3 Å². The monoisotopic (exact) mass is 269 g/mol. The van der Waals surface area contributed by atoms with Gasteiger partial charge >= 0.3 is 0 Å². The minimum atomic E-state index is -0.527. The summed E-state index contributed by atoms with van der Waals surface area (Å²) in [7, 11) is 0. The largest absolute Gasteiger partial charge is 0.353 e. The van der Waals surface area contributed by atoms with Crippen LogP contribution in [-0.4, -0.2) is 37.5 Å². The number of nitrogens with one attached hydrogen (secondary N) is 3. The smallest absolute Gasteiger partial charge is 0.261 e. The van der Waals surface area contributed by atoms with Crippen LogP contribution in [0, 0.1) is 0 Å². The second kappa shape index (κ2) is 7.84. The van der Waals surface area contributed by atoms with Gasteiger partial charge in [-0.3, -0.25) is 9.59 Å². The van der Waals surface area contributed by atoms with Crippen LogP contribution in [0.5, 0.6) is 0 Å². The first kappa shape index (κ1) is 14.7. The third kappa shape index (κ3) is 4.85. The molecular formula is C12H19N3O2S. The zero-order valence-corrected chi connectivity index (χ0v) is 11.5. The summed E-state index contributed by atoms with van der Waals surface area (Å²) in [5, 5.41) is 10.4. The lowest BCUT2D eigenvalue weighted by Gasteiger charge is -2.13. The third-order valence-electron chi connectivity index (χ3n) is 2.34. The van der Waals surface area contributed by atoms with E-state index in [0.29, 0.717) is 11.4 Å². The van der Waals surface area contributed by atoms with Crippen molar-refractivity contribution in [3.8, 4) is 0 Å². The molecule has 1 unspecified atom stereocenters. The van der Waals surface area contributed by atoms with E-state index in [4.69, 9.17) is 0 Å². The average Bonchev–Trinajstić information content (AvgIpc) is 2.88. The van der Waals surface area contributed by atoms with Crippen molar-refractivity contribution in [1.29, 1.82) is 0 Å². The summed E-state index contributed by atoms with van der Waals surface area (Å²) in [4.78, 5) is 24.0. The molecule has 0 fully saturated rings. The van der Waals surface area contributed by atoms with Gasteiger partial charge in [0.05, 0.1) is 4.88 Å². The summed E-state index contributed by atoms with van der Waals surface area (Å²) < 4.78 is 0. The first-order valence-electron chi connectivity index (χ1n) is 5.98. The summed E-state index contributed by atoms with van der Waals surface area (Å²) in [5.41, 5.74) is 0. The van der Waals surface area contributed by atoms with Crippen molar-refractivity contribution < 1.29 is 9.59 Å². The van der Waals surface area contributed by atoms with Crippen molar-refractivity contribution >= 4 is 23.2 Å². The normalized spacial score (nSPS) is 11.9. The van der Waals surface area contributed by atoms with Crippen LogP contribution >= 0.6 is 11.3 Å². The molecule has 3 N–H and O–H groups in total. The molecule has 1 heterocycles. The molecule has 0 saturated carbocycles. The highest BCUT2D eigenvalue weighted by atomic mass is 32.1. The predicted octanol–water partition coefficient (Wildman–Crippen LogP) is 0.592. The molecule has 1 aromatic rings. The lowest BCUT2D eigenvalue weighted by molar-refractivity contribution is -0.122. The van der Waals surface area contributed by atoms with E-state index in [2.05, 4.69) is 16.0 Å². The molecule has 0 aliphatic rings. The molecule has 100 valence electrons. The number of hydrogen-bond acceptors (Lipinski definition) is 4. The molecule has 1 aromatic heterocycles. The minimum absolute atomic E-state index is 0.169. The summed E-state index contributed by atoms with van der Waals surface area (Å²) in [6.45, 7) is 5.85. The Hall–Kier alpha value is -1.40. The van der Waals surface area contributed by atoms with E-state index < -0.39 is 6.04 Å². The van der Waals surface area contributed by atoms with Crippen LogP contribution in [0.15, 0.2) is 17.5 Å². The molecule has 0 bridgehead atoms. The molecule has 1 atom stereocenters. The third-order valence-corrected chi connectivity index (χ3v) is 3.21. The Bertz CT molecular complexity index is 379. The van der Waals surface area contributed by atoms with E-state index in [1.807, 2.05) is 12.3 Å². The molecule has 0 aliphatic heterocycles. The highest BCUT2D eigenvalue weighted by Gasteiger charge is 2.16. The van der Waals surface area contributed by atoms with Gasteiger partial charge in [-0.05, 0) is 24.9 Å². The maximum Gasteiger partial charge on any atom is 0.261 e. The van der Waals surface area contributed by atoms with Crippen molar-refractivity contribution in [1.82, 2.24) is 16.0 Å². The van der Waals surface area contributed by atoms with E-state index in [9.17, 15) is 9.59 Å². The first-order chi connectivity index (χ1) is 8.65. The topological polar surface area (TPSA) is 70.2 Å². The zero-order chi connectivity index (χ0) is 13.4. The van der Waals surface area contributed by atoms with Gasteiger partial charge in [-0.25, -0.2) is 0 Å². The van der Waals surface area contributed by atoms with Gasteiger partial charge in [0.1, 0.15) is 6.04 Å². The van der Waals surface area contributed by atoms with Gasteiger partial charge < -0.3 is 16.0 Å². The van der Waals surface area contributed by atoms with E-state index in [1.165, 1.54) is 11.3 Å². The summed E-state index contributed by atoms with van der Waals surface area (Å²) in [5.74, 6) is -0.378. The maximum atomic E-state index is 11.7. The summed E-state index contributed by atoms with van der Waals surface area (Å²) >= 11 is 1.36. The Balaban J connectivity index is 2.29. The fourth-order valence-corrected chi connectivity index (χ4v) is 1.97. The molecule has 0 aliphatic carbocycles. The van der Waals surface area contributed by atoms with Crippen molar-refractivity contribution in [2.75, 3.05) is 19.6 Å². The highest BCUT2D eigenvalue weighted by molar-refractivity contribution is 7.12. The Labute approximate surface area is 111 Å². The van der Waals surface area contributed by atoms with Crippen LogP contribution in [0.25, 0.3) is 0 Å². The second-order valence-corrected chi connectivity index (χ2v) is 4.76. The van der Waals surface area contributed by atoms with Gasteiger partial charge in [0.25, 0.3) is 5.91 Å². The number of amides is 2. The van der Waals surface area contributed by atoms with Crippen LogP contribution in [0.2, 0.25) is 0 Å². The van der Waals surface area contributed by atoms with E-state index in [0.717, 1.165) is 13.1 Å². The lowest BCUT2D eigenvalue weighted by Crippen LogP contribution is -2.46. The van der Waals surface area contributed by atoms with Crippen molar-refractivity contribution in [2.45, 2.75) is 19.9 Å². The molecule has 2 amide bonds. The van der Waals surface area contributed by atoms with Crippen LogP contribution in [0.4, 0.5) is 0 Å².